The molecule has 2 aromatic heterocycles. The molecule has 5 heteroatoms. The summed E-state index contributed by atoms with van der Waals surface area (Å²) in [5, 5.41) is 0.947. The Balaban J connectivity index is 2.09. The Kier molecular flexibility index (Phi) is 2.37. The number of nitrogens with zero attached hydrogens (tertiary/aromatic N) is 1. The summed E-state index contributed by atoms with van der Waals surface area (Å²) >= 11 is 0. The molecule has 0 aliphatic heterocycles. The fourth-order valence-corrected chi connectivity index (χ4v) is 1.83. The van der Waals surface area contributed by atoms with Gasteiger partial charge in [0.1, 0.15) is 23.4 Å². The van der Waals surface area contributed by atoms with E-state index in [2.05, 4.69) is 14.7 Å². The van der Waals surface area contributed by atoms with E-state index >= 15 is 0 Å². The minimum Gasteiger partial charge on any atom is -0.464 e. The Labute approximate surface area is 102 Å². The molecule has 0 amide bonds. The van der Waals surface area contributed by atoms with Gasteiger partial charge in [-0.05, 0) is 6.07 Å². The van der Waals surface area contributed by atoms with Gasteiger partial charge in [-0.25, -0.2) is 9.78 Å². The number of para-hydroxylation sites is 1. The van der Waals surface area contributed by atoms with Gasteiger partial charge >= 0.3 is 5.97 Å². The van der Waals surface area contributed by atoms with E-state index in [9.17, 15) is 4.79 Å². The van der Waals surface area contributed by atoms with Gasteiger partial charge in [-0.15, -0.1) is 0 Å². The molecule has 1 N–H and O–H groups in total. The molecule has 0 spiro atoms. The van der Waals surface area contributed by atoms with Gasteiger partial charge in [-0.2, -0.15) is 0 Å². The van der Waals surface area contributed by atoms with E-state index in [1.165, 1.54) is 13.3 Å². The Morgan fingerprint density at radius 2 is 2.22 bits per heavy atom. The van der Waals surface area contributed by atoms with Crippen molar-refractivity contribution in [2.75, 3.05) is 7.11 Å². The van der Waals surface area contributed by atoms with E-state index in [0.29, 0.717) is 11.5 Å². The molecule has 3 rings (SSSR count). The van der Waals surface area contributed by atoms with Crippen LogP contribution in [0.3, 0.4) is 0 Å². The molecule has 18 heavy (non-hydrogen) atoms. The summed E-state index contributed by atoms with van der Waals surface area (Å²) in [6.45, 7) is 0. The number of H-pyrrole nitrogens is 1. The number of hydrogen-bond acceptors (Lipinski definition) is 4. The van der Waals surface area contributed by atoms with Gasteiger partial charge in [0, 0.05) is 5.39 Å². The van der Waals surface area contributed by atoms with Crippen LogP contribution in [0.25, 0.3) is 22.4 Å². The van der Waals surface area contributed by atoms with Crippen LogP contribution in [-0.2, 0) is 4.74 Å². The molecule has 3 aromatic rings. The van der Waals surface area contributed by atoms with Gasteiger partial charge in [-0.1, -0.05) is 18.2 Å². The molecule has 5 nitrogen and oxygen atoms in total. The molecule has 0 unspecified atom stereocenters. The minimum atomic E-state index is -0.443. The van der Waals surface area contributed by atoms with E-state index in [4.69, 9.17) is 4.42 Å². The molecule has 0 radical (unpaired) electrons. The molecule has 0 fully saturated rings. The molecule has 0 aliphatic rings. The zero-order valence-corrected chi connectivity index (χ0v) is 9.64. The number of furan rings is 1. The number of ether oxygens (including phenoxy) is 1. The highest BCUT2D eigenvalue weighted by Gasteiger charge is 2.14. The molecule has 90 valence electrons. The molecule has 0 aliphatic carbocycles. The SMILES string of the molecule is COC(=O)c1cnc(-c2coc3ccccc23)[nH]1. The number of benzene rings is 1. The van der Waals surface area contributed by atoms with Crippen molar-refractivity contribution < 1.29 is 13.9 Å². The summed E-state index contributed by atoms with van der Waals surface area (Å²) in [7, 11) is 1.33. The third kappa shape index (κ3) is 1.57. The number of carbonyl (C=O) groups is 1. The van der Waals surface area contributed by atoms with E-state index in [1.54, 1.807) is 6.26 Å². The van der Waals surface area contributed by atoms with Gasteiger partial charge in [-0.3, -0.25) is 0 Å². The molecule has 1 aromatic carbocycles. The predicted octanol–water partition coefficient (Wildman–Crippen LogP) is 2.61. The van der Waals surface area contributed by atoms with Gasteiger partial charge < -0.3 is 14.1 Å². The molecular formula is C13H10N2O3. The average Bonchev–Trinajstić information content (AvgIpc) is 3.03. The minimum absolute atomic E-state index is 0.317. The smallest absolute Gasteiger partial charge is 0.356 e. The van der Waals surface area contributed by atoms with E-state index in [-0.39, 0.29) is 0 Å². The number of aromatic amines is 1. The van der Waals surface area contributed by atoms with Crippen LogP contribution in [0.1, 0.15) is 10.5 Å². The number of hydrogen-bond donors (Lipinski definition) is 1. The molecule has 0 saturated heterocycles. The van der Waals surface area contributed by atoms with Crippen LogP contribution in [0.4, 0.5) is 0 Å². The summed E-state index contributed by atoms with van der Waals surface area (Å²) in [5.74, 6) is 0.141. The van der Waals surface area contributed by atoms with Crippen molar-refractivity contribution in [1.29, 1.82) is 0 Å². The summed E-state index contributed by atoms with van der Waals surface area (Å²) in [6, 6.07) is 7.64. The molecule has 0 bridgehead atoms. The highest BCUT2D eigenvalue weighted by molar-refractivity contribution is 5.93. The van der Waals surface area contributed by atoms with Gasteiger partial charge in [0.05, 0.1) is 18.9 Å². The second-order valence-electron chi connectivity index (χ2n) is 3.78. The van der Waals surface area contributed by atoms with Crippen molar-refractivity contribution in [3.8, 4) is 11.4 Å². The zero-order chi connectivity index (χ0) is 12.5. The van der Waals surface area contributed by atoms with Crippen LogP contribution in [0, 0.1) is 0 Å². The number of aromatic nitrogens is 2. The Bertz CT molecular complexity index is 712. The molecular weight excluding hydrogens is 232 g/mol. The number of nitrogens with one attached hydrogen (secondary N) is 1. The fourth-order valence-electron chi connectivity index (χ4n) is 1.83. The maximum absolute atomic E-state index is 11.3. The largest absolute Gasteiger partial charge is 0.464 e. The van der Waals surface area contributed by atoms with Crippen LogP contribution in [0.15, 0.2) is 41.1 Å². The Morgan fingerprint density at radius 3 is 3.06 bits per heavy atom. The monoisotopic (exact) mass is 242 g/mol. The summed E-state index contributed by atoms with van der Waals surface area (Å²) in [4.78, 5) is 18.4. The fraction of sp³-hybridized carbons (Fsp3) is 0.0769. The first-order valence-electron chi connectivity index (χ1n) is 5.39. The van der Waals surface area contributed by atoms with Gasteiger partial charge in [0.2, 0.25) is 0 Å². The normalized spacial score (nSPS) is 10.7. The van der Waals surface area contributed by atoms with Crippen molar-refractivity contribution in [3.05, 3.63) is 42.4 Å². The third-order valence-electron chi connectivity index (χ3n) is 2.72. The topological polar surface area (TPSA) is 68.1 Å². The number of carbonyl (C=O) groups excluding carboxylic acids is 1. The van der Waals surface area contributed by atoms with Crippen LogP contribution < -0.4 is 0 Å². The first kappa shape index (κ1) is 10.6. The highest BCUT2D eigenvalue weighted by atomic mass is 16.5. The lowest BCUT2D eigenvalue weighted by atomic mass is 10.2. The second kappa shape index (κ2) is 4.03. The second-order valence-corrected chi connectivity index (χ2v) is 3.78. The standard InChI is InChI=1S/C13H10N2O3/c1-17-13(16)10-6-14-12(15-10)9-7-18-11-5-3-2-4-8(9)11/h2-7H,1H3,(H,14,15). The quantitative estimate of drug-likeness (QED) is 0.701. The zero-order valence-electron chi connectivity index (χ0n) is 9.64. The number of imidazole rings is 1. The van der Waals surface area contributed by atoms with Crippen LogP contribution in [-0.4, -0.2) is 23.0 Å². The Hall–Kier alpha value is -2.56. The van der Waals surface area contributed by atoms with Crippen molar-refractivity contribution in [1.82, 2.24) is 9.97 Å². The molecule has 0 atom stereocenters. The lowest BCUT2D eigenvalue weighted by Gasteiger charge is -1.94. The number of methoxy groups -OCH3 is 1. The number of fused-ring (bicyclic) bond motifs is 1. The van der Waals surface area contributed by atoms with Crippen LogP contribution >= 0.6 is 0 Å². The summed E-state index contributed by atoms with van der Waals surface area (Å²) in [6.07, 6.45) is 3.06. The van der Waals surface area contributed by atoms with Crippen molar-refractivity contribution in [3.63, 3.8) is 0 Å². The highest BCUT2D eigenvalue weighted by Crippen LogP contribution is 2.28. The van der Waals surface area contributed by atoms with Crippen LogP contribution in [0.2, 0.25) is 0 Å². The summed E-state index contributed by atoms with van der Waals surface area (Å²) in [5.41, 5.74) is 1.92. The Morgan fingerprint density at radius 1 is 1.39 bits per heavy atom. The maximum atomic E-state index is 11.3. The van der Waals surface area contributed by atoms with Crippen molar-refractivity contribution >= 4 is 16.9 Å². The lowest BCUT2D eigenvalue weighted by molar-refractivity contribution is 0.0595. The van der Waals surface area contributed by atoms with Gasteiger partial charge in [0.25, 0.3) is 0 Å². The van der Waals surface area contributed by atoms with Crippen molar-refractivity contribution in [2.24, 2.45) is 0 Å². The van der Waals surface area contributed by atoms with E-state index in [1.807, 2.05) is 24.3 Å². The predicted molar refractivity (Wildman–Crippen MR) is 65.1 cm³/mol. The van der Waals surface area contributed by atoms with Gasteiger partial charge in [0.15, 0.2) is 0 Å². The third-order valence-corrected chi connectivity index (χ3v) is 2.72. The van der Waals surface area contributed by atoms with E-state index in [0.717, 1.165) is 16.5 Å². The van der Waals surface area contributed by atoms with Crippen molar-refractivity contribution in [2.45, 2.75) is 0 Å². The number of esters is 1. The summed E-state index contributed by atoms with van der Waals surface area (Å²) < 4.78 is 10.0. The maximum Gasteiger partial charge on any atom is 0.356 e. The first-order chi connectivity index (χ1) is 8.79. The van der Waals surface area contributed by atoms with Crippen LogP contribution in [0.5, 0.6) is 0 Å². The number of rotatable bonds is 2. The lowest BCUT2D eigenvalue weighted by Crippen LogP contribution is -2.00. The first-order valence-corrected chi connectivity index (χ1v) is 5.39. The molecule has 0 saturated carbocycles. The van der Waals surface area contributed by atoms with E-state index < -0.39 is 5.97 Å². The molecule has 2 heterocycles. The average molecular weight is 242 g/mol.